The number of unbranched alkanes of at least 4 members (excludes halogenated alkanes) is 8. The van der Waals surface area contributed by atoms with E-state index in [0.29, 0.717) is 0 Å². The first kappa shape index (κ1) is 111. The zero-order valence-corrected chi connectivity index (χ0v) is 73.4. The molecule has 16 unspecified atom stereocenters. The molecule has 0 aliphatic rings. The average Bonchev–Trinajstić information content (AvgIpc) is 0.887. The van der Waals surface area contributed by atoms with E-state index in [1.165, 1.54) is 0 Å². The Hall–Kier alpha value is 1.75. The van der Waals surface area contributed by atoms with Crippen molar-refractivity contribution < 1.29 is 151 Å². The Morgan fingerprint density at radius 2 is 0.287 bits per heavy atom. The van der Waals surface area contributed by atoms with Crippen LogP contribution >= 0.6 is 62.6 Å². The minimum absolute atomic E-state index is 0. The molecule has 0 aromatic heterocycles. The standard InChI is InChI=1S/4C16H36O7P2.Ti/c4*1-5-9-11-15(7-3)13-21-24(17,18)23-25(19,20)22-14-16(8-4)12-10-6-2;/h4*15-16H,5-14H2,1-4H3,(H,17,18)(H,19,20);/q;;;;+4. The smallest absolute Gasteiger partial charge is 0.302 e. The molecular formula is C64H144O28P8Ti+4. The van der Waals surface area contributed by atoms with Crippen LogP contribution in [0.1, 0.15) is 316 Å². The largest absolute Gasteiger partial charge is 4.00 e. The van der Waals surface area contributed by atoms with Crippen LogP contribution in [0.3, 0.4) is 0 Å². The summed E-state index contributed by atoms with van der Waals surface area (Å²) < 4.78 is 152. The van der Waals surface area contributed by atoms with E-state index in [4.69, 9.17) is 36.2 Å². The summed E-state index contributed by atoms with van der Waals surface area (Å²) in [4.78, 5) is 77.5. The van der Waals surface area contributed by atoms with E-state index < -0.39 is 62.6 Å². The molecule has 0 amide bonds. The molecule has 0 aliphatic carbocycles. The van der Waals surface area contributed by atoms with Crippen LogP contribution in [0.5, 0.6) is 0 Å². The van der Waals surface area contributed by atoms with Gasteiger partial charge in [-0.15, -0.1) is 0 Å². The molecule has 101 heavy (non-hydrogen) atoms. The van der Waals surface area contributed by atoms with Gasteiger partial charge in [-0.05, 0) is 98.7 Å². The first-order valence-electron chi connectivity index (χ1n) is 37.4. The van der Waals surface area contributed by atoms with Crippen LogP contribution in [0.15, 0.2) is 0 Å². The van der Waals surface area contributed by atoms with Crippen molar-refractivity contribution in [3.63, 3.8) is 0 Å². The summed E-state index contributed by atoms with van der Waals surface area (Å²) in [6.07, 6.45) is 29.5. The summed E-state index contributed by atoms with van der Waals surface area (Å²) in [6, 6.07) is 0. The van der Waals surface area contributed by atoms with Gasteiger partial charge in [0.25, 0.3) is 0 Å². The second-order valence-corrected chi connectivity index (χ2v) is 37.9. The Kier molecular flexibility index (Phi) is 72.0. The molecule has 0 spiro atoms. The fourth-order valence-corrected chi connectivity index (χ4v) is 18.4. The monoisotopic (exact) mass is 1660 g/mol. The summed E-state index contributed by atoms with van der Waals surface area (Å²) in [7, 11) is -37.1. The van der Waals surface area contributed by atoms with E-state index in [1.54, 1.807) is 0 Å². The van der Waals surface area contributed by atoms with Crippen molar-refractivity contribution in [2.24, 2.45) is 47.3 Å². The van der Waals surface area contributed by atoms with Crippen LogP contribution in [-0.2, 0) is 112 Å². The second-order valence-electron chi connectivity index (χ2n) is 25.8. The van der Waals surface area contributed by atoms with Gasteiger partial charge in [-0.3, -0.25) is 36.2 Å². The summed E-state index contributed by atoms with van der Waals surface area (Å²) in [5, 5.41) is 0. The van der Waals surface area contributed by atoms with Gasteiger partial charge in [0.1, 0.15) is 0 Å². The number of phosphoric acid groups is 8. The fourth-order valence-electron chi connectivity index (χ4n) is 9.49. The normalized spacial score (nSPS) is 18.9. The zero-order chi connectivity index (χ0) is 77.4. The van der Waals surface area contributed by atoms with Crippen molar-refractivity contribution in [3.8, 4) is 0 Å². The van der Waals surface area contributed by atoms with Crippen LogP contribution in [0.4, 0.5) is 0 Å². The molecule has 28 nitrogen and oxygen atoms in total. The molecule has 0 heterocycles. The van der Waals surface area contributed by atoms with E-state index in [9.17, 15) is 75.7 Å². The van der Waals surface area contributed by atoms with Gasteiger partial charge < -0.3 is 39.1 Å². The molecule has 37 heteroatoms. The van der Waals surface area contributed by atoms with Crippen LogP contribution < -0.4 is 0 Å². The maximum absolute atomic E-state index is 11.9. The molecule has 608 valence electrons. The molecule has 8 N–H and O–H groups in total. The van der Waals surface area contributed by atoms with Crippen molar-refractivity contribution in [3.05, 3.63) is 0 Å². The Bertz CT molecular complexity index is 1890. The Labute approximate surface area is 626 Å². The van der Waals surface area contributed by atoms with Crippen LogP contribution in [0.25, 0.3) is 0 Å². The first-order chi connectivity index (χ1) is 46.8. The van der Waals surface area contributed by atoms with Crippen LogP contribution in [0.2, 0.25) is 0 Å². The maximum atomic E-state index is 11.9. The van der Waals surface area contributed by atoms with Crippen molar-refractivity contribution in [2.45, 2.75) is 316 Å². The number of hydrogen-bond acceptors (Lipinski definition) is 20. The molecule has 0 fully saturated rings. The summed E-state index contributed by atoms with van der Waals surface area (Å²) in [5.74, 6) is 0.900. The van der Waals surface area contributed by atoms with E-state index >= 15 is 0 Å². The molecule has 0 rings (SSSR count). The minimum Gasteiger partial charge on any atom is -0.302 e. The summed E-state index contributed by atoms with van der Waals surface area (Å²) in [5.41, 5.74) is 0. The summed E-state index contributed by atoms with van der Waals surface area (Å²) >= 11 is 0. The predicted octanol–water partition coefficient (Wildman–Crippen LogP) is 22.7. The van der Waals surface area contributed by atoms with E-state index in [0.717, 1.165) is 205 Å². The fraction of sp³-hybridized carbons (Fsp3) is 1.00. The number of phosphoric ester groups is 8. The number of hydrogen-bond donors (Lipinski definition) is 8. The van der Waals surface area contributed by atoms with Gasteiger partial charge in [0.2, 0.25) is 0 Å². The molecule has 0 saturated heterocycles. The Morgan fingerprint density at radius 1 is 0.198 bits per heavy atom. The Morgan fingerprint density at radius 3 is 0.356 bits per heavy atom. The second kappa shape index (κ2) is 65.3. The third kappa shape index (κ3) is 68.3. The van der Waals surface area contributed by atoms with Gasteiger partial charge in [0, 0.05) is 0 Å². The topological polar surface area (TPSA) is 409 Å². The van der Waals surface area contributed by atoms with Gasteiger partial charge in [-0.2, -0.15) is 17.2 Å². The summed E-state index contributed by atoms with van der Waals surface area (Å²) in [6.45, 7) is 32.4. The maximum Gasteiger partial charge on any atom is 4.00 e. The van der Waals surface area contributed by atoms with Gasteiger partial charge in [-0.1, -0.05) is 265 Å². The third-order valence-corrected chi connectivity index (χ3v) is 27.4. The van der Waals surface area contributed by atoms with E-state index in [-0.39, 0.29) is 122 Å². The molecule has 0 radical (unpaired) electrons. The molecule has 0 aromatic rings. The number of rotatable bonds is 64. The molecule has 0 aliphatic heterocycles. The van der Waals surface area contributed by atoms with Crippen molar-refractivity contribution in [1.29, 1.82) is 0 Å². The van der Waals surface area contributed by atoms with Gasteiger partial charge in [-0.25, -0.2) is 36.5 Å². The molecular weight excluding hydrogens is 1510 g/mol. The first-order valence-corrected chi connectivity index (χ1v) is 49.4. The molecule has 0 aromatic carbocycles. The van der Waals surface area contributed by atoms with Gasteiger partial charge in [0.15, 0.2) is 0 Å². The van der Waals surface area contributed by atoms with Crippen LogP contribution in [-0.4, -0.2) is 92.0 Å². The van der Waals surface area contributed by atoms with Crippen molar-refractivity contribution >= 4 is 62.6 Å². The van der Waals surface area contributed by atoms with Gasteiger partial charge >= 0.3 is 84.3 Å². The van der Waals surface area contributed by atoms with Crippen molar-refractivity contribution in [1.82, 2.24) is 0 Å². The SMILES string of the molecule is CCCCC(CC)COP(=O)(O)OP(=O)(O)OCC(CC)CCCC.CCCCC(CC)COP(=O)(O)OP(=O)(O)OCC(CC)CCCC.CCCCC(CC)COP(=O)(O)OP(=O)(O)OCC(CC)CCCC.CCCCC(CC)COP(=O)(O)OP(=O)(O)OCC(CC)CCCC.[Ti+4]. The zero-order valence-electron chi connectivity index (χ0n) is 64.7. The quantitative estimate of drug-likeness (QED) is 0.0207. The third-order valence-electron chi connectivity index (χ3n) is 17.0. The van der Waals surface area contributed by atoms with Crippen LogP contribution in [0, 0.1) is 47.3 Å². The Balaban J connectivity index is -0.000000404. The average molecular weight is 1660 g/mol. The predicted molar refractivity (Wildman–Crippen MR) is 397 cm³/mol. The van der Waals surface area contributed by atoms with E-state index in [2.05, 4.69) is 72.6 Å². The van der Waals surface area contributed by atoms with Crippen molar-refractivity contribution in [2.75, 3.05) is 52.9 Å². The molecule has 16 atom stereocenters. The molecule has 0 saturated carbocycles. The van der Waals surface area contributed by atoms with Gasteiger partial charge in [0.05, 0.1) is 52.9 Å². The molecule has 0 bridgehead atoms. The van der Waals surface area contributed by atoms with E-state index in [1.807, 2.05) is 55.4 Å². The minimum atomic E-state index is -4.64.